The van der Waals surface area contributed by atoms with Gasteiger partial charge in [-0.05, 0) is 75.0 Å². The van der Waals surface area contributed by atoms with Crippen LogP contribution in [-0.4, -0.2) is 41.5 Å². The number of ether oxygens (including phenoxy) is 1. The lowest BCUT2D eigenvalue weighted by Crippen LogP contribution is -2.32. The molecule has 0 radical (unpaired) electrons. The van der Waals surface area contributed by atoms with E-state index in [1.807, 2.05) is 18.2 Å². The third kappa shape index (κ3) is 4.10. The maximum absolute atomic E-state index is 12.6. The lowest BCUT2D eigenvalue weighted by Gasteiger charge is -2.29. The first kappa shape index (κ1) is 19.4. The van der Waals surface area contributed by atoms with Crippen molar-refractivity contribution < 1.29 is 9.53 Å². The third-order valence-corrected chi connectivity index (χ3v) is 5.82. The van der Waals surface area contributed by atoms with Crippen LogP contribution in [0.25, 0.3) is 0 Å². The quantitative estimate of drug-likeness (QED) is 0.702. The molecule has 2 aliphatic heterocycles. The number of likely N-dealkylation sites (tertiary alicyclic amines) is 1. The molecule has 0 spiro atoms. The first-order valence-electron chi connectivity index (χ1n) is 10.3. The summed E-state index contributed by atoms with van der Waals surface area (Å²) in [6, 6.07) is 12.0. The summed E-state index contributed by atoms with van der Waals surface area (Å²) in [4.78, 5) is 21.0. The molecule has 0 bridgehead atoms. The number of hydrogen-bond acceptors (Lipinski definition) is 5. The standard InChI is InChI=1S/C23H26N4O2/c1-17-5-3-12-26(17)13-4-14-29-20-8-9-21-18(15-20)7-10-22(28)27(21)23-19(16-24)6-2-11-25-23/h2,6,8-9,11,15,17H,3-5,7,10,12-14H2,1H3/t17-/m1/s1. The number of anilines is 2. The fraction of sp³-hybridized carbons (Fsp3) is 0.435. The predicted octanol–water partition coefficient (Wildman–Crippen LogP) is 3.82. The van der Waals surface area contributed by atoms with Gasteiger partial charge in [-0.1, -0.05) is 0 Å². The minimum atomic E-state index is -0.0406. The fourth-order valence-electron chi connectivity index (χ4n) is 4.24. The molecular weight excluding hydrogens is 364 g/mol. The molecule has 29 heavy (non-hydrogen) atoms. The fourth-order valence-corrected chi connectivity index (χ4v) is 4.24. The number of carbonyl (C=O) groups excluding carboxylic acids is 1. The van der Waals surface area contributed by atoms with E-state index >= 15 is 0 Å². The van der Waals surface area contributed by atoms with Crippen LogP contribution in [0.1, 0.15) is 43.7 Å². The molecule has 6 nitrogen and oxygen atoms in total. The molecule has 0 N–H and O–H groups in total. The second-order valence-electron chi connectivity index (χ2n) is 7.74. The van der Waals surface area contributed by atoms with E-state index in [4.69, 9.17) is 4.74 Å². The molecule has 1 amide bonds. The number of aromatic nitrogens is 1. The van der Waals surface area contributed by atoms with Gasteiger partial charge in [-0.15, -0.1) is 0 Å². The molecule has 2 aromatic rings. The van der Waals surface area contributed by atoms with Gasteiger partial charge in [0.1, 0.15) is 11.8 Å². The van der Waals surface area contributed by atoms with Gasteiger partial charge in [0, 0.05) is 25.2 Å². The molecule has 150 valence electrons. The normalized spacial score (nSPS) is 19.1. The molecule has 1 atom stereocenters. The summed E-state index contributed by atoms with van der Waals surface area (Å²) in [5, 5.41) is 9.39. The summed E-state index contributed by atoms with van der Waals surface area (Å²) >= 11 is 0. The van der Waals surface area contributed by atoms with Crippen LogP contribution in [0.15, 0.2) is 36.5 Å². The molecule has 0 aliphatic carbocycles. The van der Waals surface area contributed by atoms with Gasteiger partial charge in [0.25, 0.3) is 0 Å². The Morgan fingerprint density at radius 3 is 3.00 bits per heavy atom. The van der Waals surface area contributed by atoms with Gasteiger partial charge in [0.15, 0.2) is 5.82 Å². The summed E-state index contributed by atoms with van der Waals surface area (Å²) in [5.41, 5.74) is 2.23. The molecule has 6 heteroatoms. The molecule has 0 saturated carbocycles. The summed E-state index contributed by atoms with van der Waals surface area (Å²) in [7, 11) is 0. The Labute approximate surface area is 171 Å². The molecule has 0 unspecified atom stereocenters. The molecule has 2 aliphatic rings. The number of pyridine rings is 1. The van der Waals surface area contributed by atoms with Crippen LogP contribution in [0.3, 0.4) is 0 Å². The number of nitriles is 1. The number of hydrogen-bond donors (Lipinski definition) is 0. The zero-order valence-corrected chi connectivity index (χ0v) is 16.8. The van der Waals surface area contributed by atoms with Gasteiger partial charge in [0.05, 0.1) is 17.9 Å². The van der Waals surface area contributed by atoms with Crippen LogP contribution in [0, 0.1) is 11.3 Å². The first-order valence-corrected chi connectivity index (χ1v) is 10.3. The number of rotatable bonds is 6. The number of fused-ring (bicyclic) bond motifs is 1. The van der Waals surface area contributed by atoms with Crippen LogP contribution in [0.2, 0.25) is 0 Å². The second-order valence-corrected chi connectivity index (χ2v) is 7.74. The molecule has 1 fully saturated rings. The number of carbonyl (C=O) groups is 1. The highest BCUT2D eigenvalue weighted by molar-refractivity contribution is 6.03. The lowest BCUT2D eigenvalue weighted by atomic mass is 10.00. The molecule has 4 rings (SSSR count). The van der Waals surface area contributed by atoms with E-state index in [-0.39, 0.29) is 5.91 Å². The van der Waals surface area contributed by atoms with Crippen molar-refractivity contribution >= 4 is 17.4 Å². The average Bonchev–Trinajstić information content (AvgIpc) is 3.16. The Hall–Kier alpha value is -2.91. The van der Waals surface area contributed by atoms with Crippen molar-refractivity contribution in [3.63, 3.8) is 0 Å². The van der Waals surface area contributed by atoms with E-state index in [1.165, 1.54) is 19.4 Å². The minimum absolute atomic E-state index is 0.0406. The maximum atomic E-state index is 12.6. The van der Waals surface area contributed by atoms with Gasteiger partial charge in [0.2, 0.25) is 5.91 Å². The van der Waals surface area contributed by atoms with Crippen molar-refractivity contribution in [1.29, 1.82) is 5.26 Å². The topological polar surface area (TPSA) is 69.5 Å². The van der Waals surface area contributed by atoms with Crippen molar-refractivity contribution in [2.24, 2.45) is 0 Å². The largest absolute Gasteiger partial charge is 0.494 e. The Kier molecular flexibility index (Phi) is 5.77. The molecule has 3 heterocycles. The van der Waals surface area contributed by atoms with E-state index in [2.05, 4.69) is 22.9 Å². The third-order valence-electron chi connectivity index (χ3n) is 5.82. The monoisotopic (exact) mass is 390 g/mol. The first-order chi connectivity index (χ1) is 14.2. The average molecular weight is 390 g/mol. The van der Waals surface area contributed by atoms with Crippen LogP contribution < -0.4 is 9.64 Å². The minimum Gasteiger partial charge on any atom is -0.494 e. The highest BCUT2D eigenvalue weighted by atomic mass is 16.5. The van der Waals surface area contributed by atoms with Gasteiger partial charge in [-0.3, -0.25) is 9.69 Å². The zero-order valence-electron chi connectivity index (χ0n) is 16.8. The van der Waals surface area contributed by atoms with E-state index in [9.17, 15) is 10.1 Å². The summed E-state index contributed by atoms with van der Waals surface area (Å²) < 4.78 is 5.98. The maximum Gasteiger partial charge on any atom is 0.233 e. The smallest absolute Gasteiger partial charge is 0.233 e. The van der Waals surface area contributed by atoms with Gasteiger partial charge in [-0.25, -0.2) is 4.98 Å². The van der Waals surface area contributed by atoms with Gasteiger partial charge in [-0.2, -0.15) is 5.26 Å². The summed E-state index contributed by atoms with van der Waals surface area (Å²) in [5.74, 6) is 1.18. The lowest BCUT2D eigenvalue weighted by molar-refractivity contribution is -0.118. The van der Waals surface area contributed by atoms with Crippen molar-refractivity contribution in [2.75, 3.05) is 24.6 Å². The van der Waals surface area contributed by atoms with Crippen LogP contribution in [0.5, 0.6) is 5.75 Å². The Balaban J connectivity index is 1.45. The molecule has 1 saturated heterocycles. The summed E-state index contributed by atoms with van der Waals surface area (Å²) in [6.07, 6.45) is 6.27. The van der Waals surface area contributed by atoms with E-state index in [0.29, 0.717) is 36.9 Å². The van der Waals surface area contributed by atoms with Crippen molar-refractivity contribution in [2.45, 2.75) is 45.1 Å². The van der Waals surface area contributed by atoms with E-state index in [0.717, 1.165) is 30.0 Å². The zero-order chi connectivity index (χ0) is 20.2. The van der Waals surface area contributed by atoms with Crippen molar-refractivity contribution in [1.82, 2.24) is 9.88 Å². The van der Waals surface area contributed by atoms with Crippen LogP contribution in [-0.2, 0) is 11.2 Å². The van der Waals surface area contributed by atoms with E-state index < -0.39 is 0 Å². The Morgan fingerprint density at radius 1 is 1.31 bits per heavy atom. The number of amides is 1. The number of benzene rings is 1. The number of aryl methyl sites for hydroxylation is 1. The van der Waals surface area contributed by atoms with Crippen molar-refractivity contribution in [3.05, 3.63) is 47.7 Å². The highest BCUT2D eigenvalue weighted by Gasteiger charge is 2.28. The number of nitrogens with zero attached hydrogens (tertiary/aromatic N) is 4. The highest BCUT2D eigenvalue weighted by Crippen LogP contribution is 2.36. The Morgan fingerprint density at radius 2 is 2.21 bits per heavy atom. The van der Waals surface area contributed by atoms with Crippen molar-refractivity contribution in [3.8, 4) is 11.8 Å². The predicted molar refractivity (Wildman–Crippen MR) is 111 cm³/mol. The summed E-state index contributed by atoms with van der Waals surface area (Å²) in [6.45, 7) is 5.25. The molecular formula is C23H26N4O2. The van der Waals surface area contributed by atoms with Crippen LogP contribution in [0.4, 0.5) is 11.5 Å². The molecule has 1 aromatic carbocycles. The van der Waals surface area contributed by atoms with Gasteiger partial charge >= 0.3 is 0 Å². The van der Waals surface area contributed by atoms with E-state index in [1.54, 1.807) is 23.2 Å². The van der Waals surface area contributed by atoms with Gasteiger partial charge < -0.3 is 9.64 Å². The molecule has 1 aromatic heterocycles. The second kappa shape index (κ2) is 8.62. The SMILES string of the molecule is C[C@@H]1CCCN1CCCOc1ccc2c(c1)CCC(=O)N2c1ncccc1C#N. The van der Waals surface area contributed by atoms with Crippen LogP contribution >= 0.6 is 0 Å². The Bertz CT molecular complexity index is 937.